The zero-order valence-corrected chi connectivity index (χ0v) is 8.30. The summed E-state index contributed by atoms with van der Waals surface area (Å²) in [7, 11) is 1.37. The summed E-state index contributed by atoms with van der Waals surface area (Å²) >= 11 is 1.36. The van der Waals surface area contributed by atoms with Crippen molar-refractivity contribution in [1.82, 2.24) is 10.2 Å². The first-order valence-electron chi connectivity index (χ1n) is 3.98. The lowest BCUT2D eigenvalue weighted by Crippen LogP contribution is -1.99. The van der Waals surface area contributed by atoms with Crippen molar-refractivity contribution in [3.63, 3.8) is 0 Å². The smallest absolute Gasteiger partial charge is 0.348 e. The number of aromatic nitrogens is 2. The van der Waals surface area contributed by atoms with E-state index in [0.29, 0.717) is 4.88 Å². The van der Waals surface area contributed by atoms with Crippen molar-refractivity contribution < 1.29 is 9.53 Å². The molecule has 2 heterocycles. The summed E-state index contributed by atoms with van der Waals surface area (Å²) in [5, 5.41) is 8.49. The van der Waals surface area contributed by atoms with Gasteiger partial charge in [0.05, 0.1) is 12.8 Å². The maximum absolute atomic E-state index is 11.3. The molecule has 0 aliphatic heterocycles. The Balaban J connectivity index is 2.45. The number of rotatable bonds is 2. The van der Waals surface area contributed by atoms with E-state index < -0.39 is 0 Å². The second-order valence-corrected chi connectivity index (χ2v) is 3.54. The van der Waals surface area contributed by atoms with Crippen LogP contribution in [-0.2, 0) is 4.74 Å². The SMILES string of the molecule is COC(=O)c1sccc1-c1ccn[nH]1. The lowest BCUT2D eigenvalue weighted by atomic mass is 10.2. The molecule has 0 unspecified atom stereocenters. The molecule has 4 nitrogen and oxygen atoms in total. The number of aromatic amines is 1. The minimum Gasteiger partial charge on any atom is -0.465 e. The highest BCUT2D eigenvalue weighted by Gasteiger charge is 2.15. The molecule has 0 spiro atoms. The number of methoxy groups -OCH3 is 1. The number of carbonyl (C=O) groups excluding carboxylic acids is 1. The molecule has 0 saturated carbocycles. The average Bonchev–Trinajstić information content (AvgIpc) is 2.85. The van der Waals surface area contributed by atoms with Gasteiger partial charge in [0.15, 0.2) is 0 Å². The zero-order valence-electron chi connectivity index (χ0n) is 7.48. The minimum absolute atomic E-state index is 0.315. The highest BCUT2D eigenvalue weighted by Crippen LogP contribution is 2.26. The number of carbonyl (C=O) groups is 1. The summed E-state index contributed by atoms with van der Waals surface area (Å²) in [5.74, 6) is -0.315. The molecule has 0 amide bonds. The van der Waals surface area contributed by atoms with Crippen LogP contribution in [0.2, 0.25) is 0 Å². The molecule has 0 radical (unpaired) electrons. The third-order valence-electron chi connectivity index (χ3n) is 1.83. The van der Waals surface area contributed by atoms with Gasteiger partial charge in [-0.15, -0.1) is 11.3 Å². The molecule has 0 saturated heterocycles. The maximum atomic E-state index is 11.3. The van der Waals surface area contributed by atoms with Crippen LogP contribution in [0.25, 0.3) is 11.3 Å². The number of hydrogen-bond acceptors (Lipinski definition) is 4. The normalized spacial score (nSPS) is 10.1. The van der Waals surface area contributed by atoms with Gasteiger partial charge < -0.3 is 4.74 Å². The minimum atomic E-state index is -0.315. The molecule has 0 aliphatic rings. The van der Waals surface area contributed by atoms with Gasteiger partial charge in [0.2, 0.25) is 0 Å². The molecule has 0 bridgehead atoms. The topological polar surface area (TPSA) is 55.0 Å². The van der Waals surface area contributed by atoms with Crippen LogP contribution in [0.15, 0.2) is 23.7 Å². The quantitative estimate of drug-likeness (QED) is 0.767. The predicted octanol–water partition coefficient (Wildman–Crippen LogP) is 1.92. The molecular weight excluding hydrogens is 200 g/mol. The van der Waals surface area contributed by atoms with E-state index in [1.165, 1.54) is 18.4 Å². The van der Waals surface area contributed by atoms with Crippen LogP contribution in [0.3, 0.4) is 0 Å². The van der Waals surface area contributed by atoms with Gasteiger partial charge in [0.1, 0.15) is 4.88 Å². The van der Waals surface area contributed by atoms with Crippen LogP contribution in [0.1, 0.15) is 9.67 Å². The van der Waals surface area contributed by atoms with Gasteiger partial charge in [-0.2, -0.15) is 5.10 Å². The van der Waals surface area contributed by atoms with Crippen LogP contribution >= 0.6 is 11.3 Å². The fraction of sp³-hybridized carbons (Fsp3) is 0.111. The number of hydrogen-bond donors (Lipinski definition) is 1. The van der Waals surface area contributed by atoms with E-state index >= 15 is 0 Å². The molecule has 72 valence electrons. The first kappa shape index (κ1) is 8.96. The fourth-order valence-electron chi connectivity index (χ4n) is 1.18. The van der Waals surface area contributed by atoms with E-state index in [1.807, 2.05) is 17.5 Å². The highest BCUT2D eigenvalue weighted by atomic mass is 32.1. The number of esters is 1. The molecule has 0 aromatic carbocycles. The molecule has 2 aromatic rings. The van der Waals surface area contributed by atoms with Crippen molar-refractivity contribution in [3.05, 3.63) is 28.6 Å². The van der Waals surface area contributed by atoms with Crippen LogP contribution in [0.5, 0.6) is 0 Å². The van der Waals surface area contributed by atoms with Gasteiger partial charge in [0.25, 0.3) is 0 Å². The number of nitrogens with zero attached hydrogens (tertiary/aromatic N) is 1. The van der Waals surface area contributed by atoms with Crippen LogP contribution in [0, 0.1) is 0 Å². The summed E-state index contributed by atoms with van der Waals surface area (Å²) in [6.07, 6.45) is 1.65. The maximum Gasteiger partial charge on any atom is 0.348 e. The molecule has 0 aliphatic carbocycles. The summed E-state index contributed by atoms with van der Waals surface area (Å²) in [6, 6.07) is 3.68. The summed E-state index contributed by atoms with van der Waals surface area (Å²) in [5.41, 5.74) is 1.66. The Hall–Kier alpha value is -1.62. The van der Waals surface area contributed by atoms with E-state index in [1.54, 1.807) is 6.20 Å². The Labute approximate surface area is 84.5 Å². The van der Waals surface area contributed by atoms with Gasteiger partial charge in [-0.25, -0.2) is 4.79 Å². The van der Waals surface area contributed by atoms with Crippen molar-refractivity contribution >= 4 is 17.3 Å². The number of nitrogens with one attached hydrogen (secondary N) is 1. The number of H-pyrrole nitrogens is 1. The third-order valence-corrected chi connectivity index (χ3v) is 2.72. The van der Waals surface area contributed by atoms with E-state index in [9.17, 15) is 4.79 Å². The van der Waals surface area contributed by atoms with Gasteiger partial charge in [0, 0.05) is 11.8 Å². The lowest BCUT2D eigenvalue weighted by Gasteiger charge is -1.98. The number of thiophene rings is 1. The Bertz CT molecular complexity index is 433. The monoisotopic (exact) mass is 208 g/mol. The Morgan fingerprint density at radius 1 is 1.57 bits per heavy atom. The highest BCUT2D eigenvalue weighted by molar-refractivity contribution is 7.12. The van der Waals surface area contributed by atoms with Gasteiger partial charge in [-0.05, 0) is 17.5 Å². The summed E-state index contributed by atoms with van der Waals surface area (Å²) in [6.45, 7) is 0. The zero-order chi connectivity index (χ0) is 9.97. The Morgan fingerprint density at radius 3 is 3.07 bits per heavy atom. The second kappa shape index (κ2) is 3.63. The Morgan fingerprint density at radius 2 is 2.43 bits per heavy atom. The molecule has 14 heavy (non-hydrogen) atoms. The fourth-order valence-corrected chi connectivity index (χ4v) is 2.00. The van der Waals surface area contributed by atoms with Crippen molar-refractivity contribution in [2.75, 3.05) is 7.11 Å². The van der Waals surface area contributed by atoms with Gasteiger partial charge >= 0.3 is 5.97 Å². The standard InChI is InChI=1S/C9H8N2O2S/c1-13-9(12)8-6(3-5-14-8)7-2-4-10-11-7/h2-5H,1H3,(H,10,11). The predicted molar refractivity (Wildman–Crippen MR) is 53.2 cm³/mol. The van der Waals surface area contributed by atoms with Crippen molar-refractivity contribution in [2.24, 2.45) is 0 Å². The van der Waals surface area contributed by atoms with Gasteiger partial charge in [-0.1, -0.05) is 0 Å². The number of ether oxygens (including phenoxy) is 1. The molecule has 2 aromatic heterocycles. The first-order valence-corrected chi connectivity index (χ1v) is 4.86. The molecule has 0 fully saturated rings. The van der Waals surface area contributed by atoms with E-state index in [4.69, 9.17) is 0 Å². The summed E-state index contributed by atoms with van der Waals surface area (Å²) in [4.78, 5) is 11.9. The lowest BCUT2D eigenvalue weighted by molar-refractivity contribution is 0.0607. The van der Waals surface area contributed by atoms with Crippen molar-refractivity contribution in [1.29, 1.82) is 0 Å². The van der Waals surface area contributed by atoms with Gasteiger partial charge in [-0.3, -0.25) is 5.10 Å². The Kier molecular flexibility index (Phi) is 2.32. The molecule has 1 N–H and O–H groups in total. The van der Waals surface area contributed by atoms with E-state index in [0.717, 1.165) is 11.3 Å². The van der Waals surface area contributed by atoms with Crippen molar-refractivity contribution in [3.8, 4) is 11.3 Å². The van der Waals surface area contributed by atoms with Crippen molar-refractivity contribution in [2.45, 2.75) is 0 Å². The first-order chi connectivity index (χ1) is 6.83. The van der Waals surface area contributed by atoms with Crippen LogP contribution < -0.4 is 0 Å². The van der Waals surface area contributed by atoms with E-state index in [2.05, 4.69) is 14.9 Å². The average molecular weight is 208 g/mol. The third kappa shape index (κ3) is 1.42. The van der Waals surface area contributed by atoms with Crippen LogP contribution in [0.4, 0.5) is 0 Å². The van der Waals surface area contributed by atoms with Crippen LogP contribution in [-0.4, -0.2) is 23.3 Å². The largest absolute Gasteiger partial charge is 0.465 e. The summed E-state index contributed by atoms with van der Waals surface area (Å²) < 4.78 is 4.67. The molecule has 0 atom stereocenters. The molecular formula is C9H8N2O2S. The molecule has 5 heteroatoms. The van der Waals surface area contributed by atoms with E-state index in [-0.39, 0.29) is 5.97 Å². The molecule has 2 rings (SSSR count). The second-order valence-electron chi connectivity index (χ2n) is 2.63.